The molecular formula is C42H54N2. The van der Waals surface area contributed by atoms with Gasteiger partial charge in [0, 0.05) is 33.2 Å². The van der Waals surface area contributed by atoms with Gasteiger partial charge in [-0.15, -0.1) is 0 Å². The third kappa shape index (κ3) is 7.01. The minimum absolute atomic E-state index is 1.15. The Labute approximate surface area is 265 Å². The van der Waals surface area contributed by atoms with Crippen LogP contribution < -0.4 is 0 Å². The summed E-state index contributed by atoms with van der Waals surface area (Å²) in [5.41, 5.74) is 5.31. The van der Waals surface area contributed by atoms with Crippen LogP contribution in [0.3, 0.4) is 0 Å². The van der Waals surface area contributed by atoms with Crippen LogP contribution in [-0.2, 0) is 12.8 Å². The topological polar surface area (TPSA) is 31.6 Å². The summed E-state index contributed by atoms with van der Waals surface area (Å²) in [7, 11) is 0. The molecule has 44 heavy (non-hydrogen) atoms. The second-order valence-electron chi connectivity index (χ2n) is 13.5. The molecule has 0 saturated carbocycles. The normalized spacial score (nSPS) is 12.1. The number of aromatic amines is 2. The first-order valence-electron chi connectivity index (χ1n) is 18.2. The van der Waals surface area contributed by atoms with E-state index in [0.29, 0.717) is 0 Å². The van der Waals surface area contributed by atoms with Crippen LogP contribution >= 0.6 is 0 Å². The van der Waals surface area contributed by atoms with Gasteiger partial charge >= 0.3 is 0 Å². The number of hydrogen-bond donors (Lipinski definition) is 2. The van der Waals surface area contributed by atoms with E-state index in [1.54, 1.807) is 0 Å². The Kier molecular flexibility index (Phi) is 10.6. The van der Waals surface area contributed by atoms with E-state index in [0.717, 1.165) is 12.8 Å². The van der Waals surface area contributed by atoms with E-state index >= 15 is 0 Å². The van der Waals surface area contributed by atoms with Crippen LogP contribution in [-0.4, -0.2) is 9.97 Å². The molecule has 2 heterocycles. The third-order valence-electron chi connectivity index (χ3n) is 10.1. The molecule has 0 bridgehead atoms. The largest absolute Gasteiger partial charge is 0.358 e. The maximum atomic E-state index is 3.73. The lowest BCUT2D eigenvalue weighted by molar-refractivity contribution is 0.574. The first kappa shape index (κ1) is 30.8. The number of rotatable bonds is 18. The average molecular weight is 587 g/mol. The summed E-state index contributed by atoms with van der Waals surface area (Å²) in [5.74, 6) is 0. The van der Waals surface area contributed by atoms with Gasteiger partial charge in [-0.2, -0.15) is 0 Å². The molecule has 0 spiro atoms. The summed E-state index contributed by atoms with van der Waals surface area (Å²) < 4.78 is 0. The number of H-pyrrole nitrogens is 2. The van der Waals surface area contributed by atoms with Crippen molar-refractivity contribution < 1.29 is 0 Å². The van der Waals surface area contributed by atoms with Gasteiger partial charge in [0.15, 0.2) is 0 Å². The van der Waals surface area contributed by atoms with Crippen molar-refractivity contribution in [3.05, 3.63) is 72.1 Å². The van der Waals surface area contributed by atoms with Crippen LogP contribution in [0.1, 0.15) is 128 Å². The SMILES string of the molecule is CCCCCCCCCCc1cc2c(ccc3c2ccc2c4ccc5[nH]c(CCCCCCCCCC)cc5c4ccc32)[nH]1. The highest BCUT2D eigenvalue weighted by atomic mass is 14.7. The van der Waals surface area contributed by atoms with Crippen LogP contribution in [0.25, 0.3) is 54.1 Å². The molecule has 0 unspecified atom stereocenters. The summed E-state index contributed by atoms with van der Waals surface area (Å²) in [6, 6.07) is 23.6. The maximum absolute atomic E-state index is 3.73. The van der Waals surface area contributed by atoms with Crippen molar-refractivity contribution >= 4 is 54.1 Å². The van der Waals surface area contributed by atoms with Gasteiger partial charge in [0.1, 0.15) is 0 Å². The number of hydrogen-bond acceptors (Lipinski definition) is 0. The second-order valence-corrected chi connectivity index (χ2v) is 13.5. The highest BCUT2D eigenvalue weighted by Crippen LogP contribution is 2.37. The number of nitrogens with one attached hydrogen (secondary N) is 2. The monoisotopic (exact) mass is 586 g/mol. The predicted octanol–water partition coefficient (Wildman–Crippen LogP) is 13.5. The molecule has 2 aromatic heterocycles. The van der Waals surface area contributed by atoms with Crippen LogP contribution in [0.2, 0.25) is 0 Å². The molecule has 2 nitrogen and oxygen atoms in total. The summed E-state index contributed by atoms with van der Waals surface area (Å²) >= 11 is 0. The van der Waals surface area contributed by atoms with Gasteiger partial charge in [0.25, 0.3) is 0 Å². The number of fused-ring (bicyclic) bond motifs is 9. The van der Waals surface area contributed by atoms with Crippen LogP contribution in [0.15, 0.2) is 60.7 Å². The lowest BCUT2D eigenvalue weighted by atomic mass is 9.94. The first-order chi connectivity index (χ1) is 21.8. The third-order valence-corrected chi connectivity index (χ3v) is 10.1. The van der Waals surface area contributed by atoms with Gasteiger partial charge in [-0.25, -0.2) is 0 Å². The number of aryl methyl sites for hydroxylation is 2. The van der Waals surface area contributed by atoms with Gasteiger partial charge < -0.3 is 9.97 Å². The minimum atomic E-state index is 1.15. The van der Waals surface area contributed by atoms with E-state index in [4.69, 9.17) is 0 Å². The lowest BCUT2D eigenvalue weighted by Gasteiger charge is -2.09. The van der Waals surface area contributed by atoms with Crippen molar-refractivity contribution in [2.24, 2.45) is 0 Å². The van der Waals surface area contributed by atoms with E-state index in [-0.39, 0.29) is 0 Å². The molecule has 0 aliphatic heterocycles. The lowest BCUT2D eigenvalue weighted by Crippen LogP contribution is -1.86. The zero-order valence-electron chi connectivity index (χ0n) is 27.5. The van der Waals surface area contributed by atoms with E-state index in [1.807, 2.05) is 0 Å². The highest BCUT2D eigenvalue weighted by molar-refractivity contribution is 6.24. The Balaban J connectivity index is 1.16. The van der Waals surface area contributed by atoms with Gasteiger partial charge in [-0.05, 0) is 82.3 Å². The summed E-state index contributed by atoms with van der Waals surface area (Å²) in [6.07, 6.45) is 24.2. The summed E-state index contributed by atoms with van der Waals surface area (Å²) in [5, 5.41) is 10.9. The second kappa shape index (κ2) is 15.2. The smallest absolute Gasteiger partial charge is 0.0462 e. The number of benzene rings is 4. The van der Waals surface area contributed by atoms with E-state index in [9.17, 15) is 0 Å². The van der Waals surface area contributed by atoms with Crippen molar-refractivity contribution in [3.63, 3.8) is 0 Å². The molecule has 0 fully saturated rings. The van der Waals surface area contributed by atoms with Crippen molar-refractivity contribution in [2.45, 2.75) is 129 Å². The van der Waals surface area contributed by atoms with Crippen LogP contribution in [0, 0.1) is 0 Å². The minimum Gasteiger partial charge on any atom is -0.358 e. The Hall–Kier alpha value is -3.26. The summed E-state index contributed by atoms with van der Waals surface area (Å²) in [6.45, 7) is 4.59. The van der Waals surface area contributed by atoms with Crippen LogP contribution in [0.5, 0.6) is 0 Å². The highest BCUT2D eigenvalue weighted by Gasteiger charge is 2.12. The molecule has 0 saturated heterocycles. The fourth-order valence-electron chi connectivity index (χ4n) is 7.55. The molecule has 0 aliphatic carbocycles. The molecule has 0 atom stereocenters. The Morgan fingerprint density at radius 1 is 0.341 bits per heavy atom. The zero-order chi connectivity index (χ0) is 30.1. The molecular weight excluding hydrogens is 532 g/mol. The Morgan fingerprint density at radius 3 is 1.00 bits per heavy atom. The van der Waals surface area contributed by atoms with E-state index < -0.39 is 0 Å². The Bertz CT molecular complexity index is 1670. The molecule has 4 aromatic carbocycles. The fraction of sp³-hybridized carbons (Fsp3) is 0.476. The zero-order valence-corrected chi connectivity index (χ0v) is 27.5. The van der Waals surface area contributed by atoms with Gasteiger partial charge in [0.05, 0.1) is 0 Å². The molecule has 6 rings (SSSR count). The number of unbranched alkanes of at least 4 members (excludes halogenated alkanes) is 14. The molecule has 0 amide bonds. The predicted molar refractivity (Wildman–Crippen MR) is 195 cm³/mol. The van der Waals surface area contributed by atoms with Crippen molar-refractivity contribution in [3.8, 4) is 0 Å². The molecule has 0 radical (unpaired) electrons. The number of aromatic nitrogens is 2. The quantitative estimate of drug-likeness (QED) is 0.0741. The first-order valence-corrected chi connectivity index (χ1v) is 18.2. The maximum Gasteiger partial charge on any atom is 0.0462 e. The summed E-state index contributed by atoms with van der Waals surface area (Å²) in [4.78, 5) is 7.47. The molecule has 6 aromatic rings. The van der Waals surface area contributed by atoms with Crippen molar-refractivity contribution in [1.29, 1.82) is 0 Å². The van der Waals surface area contributed by atoms with Gasteiger partial charge in [-0.1, -0.05) is 140 Å². The molecule has 2 N–H and O–H groups in total. The van der Waals surface area contributed by atoms with E-state index in [2.05, 4.69) is 84.5 Å². The fourth-order valence-corrected chi connectivity index (χ4v) is 7.55. The Morgan fingerprint density at radius 2 is 0.636 bits per heavy atom. The molecule has 0 aliphatic rings. The average Bonchev–Trinajstić information content (AvgIpc) is 3.67. The molecule has 232 valence electrons. The van der Waals surface area contributed by atoms with Crippen molar-refractivity contribution in [1.82, 2.24) is 9.97 Å². The van der Waals surface area contributed by atoms with Crippen LogP contribution in [0.4, 0.5) is 0 Å². The van der Waals surface area contributed by atoms with Gasteiger partial charge in [0.2, 0.25) is 0 Å². The molecule has 2 heteroatoms. The van der Waals surface area contributed by atoms with E-state index in [1.165, 1.54) is 168 Å². The standard InChI is InChI=1S/C42H54N2/c1-3-5-7-9-11-13-15-17-19-31-29-39-37-23-21-34-33(35(37)25-27-41(39)43-31)22-24-38-36(34)26-28-42-40(38)30-32(44-42)20-18-16-14-12-10-8-6-4-2/h21-30,43-44H,3-20H2,1-2H3. The van der Waals surface area contributed by atoms with Crippen molar-refractivity contribution in [2.75, 3.05) is 0 Å². The van der Waals surface area contributed by atoms with Gasteiger partial charge in [-0.3, -0.25) is 0 Å².